The van der Waals surface area contributed by atoms with E-state index in [1.165, 1.54) is 23.5 Å². The molecule has 0 aliphatic carbocycles. The van der Waals surface area contributed by atoms with Gasteiger partial charge in [0.05, 0.1) is 0 Å². The van der Waals surface area contributed by atoms with Gasteiger partial charge < -0.3 is 0 Å². The average Bonchev–Trinajstić information content (AvgIpc) is 2.96. The van der Waals surface area contributed by atoms with Crippen molar-refractivity contribution in [3.8, 4) is 22.3 Å². The van der Waals surface area contributed by atoms with Gasteiger partial charge in [0.2, 0.25) is 0 Å². The summed E-state index contributed by atoms with van der Waals surface area (Å²) in [5.41, 5.74) is 3.57. The van der Waals surface area contributed by atoms with Crippen molar-refractivity contribution in [1.29, 1.82) is 0 Å². The predicted octanol–water partition coefficient (Wildman–Crippen LogP) is 5.39. The van der Waals surface area contributed by atoms with E-state index in [1.807, 2.05) is 35.0 Å². The smallest absolute Gasteiger partial charge is 0.178 e. The lowest BCUT2D eigenvalue weighted by Crippen LogP contribution is -2.00. The Morgan fingerprint density at radius 1 is 0.957 bits per heavy atom. The highest BCUT2D eigenvalue weighted by molar-refractivity contribution is 9.10. The molecule has 0 saturated carbocycles. The number of hydrogen-bond donors (Lipinski definition) is 0. The maximum atomic E-state index is 14.1. The molecular weight excluding hydrogens is 399 g/mol. The highest BCUT2D eigenvalue weighted by Crippen LogP contribution is 2.36. The Balaban J connectivity index is 2.09. The van der Waals surface area contributed by atoms with Gasteiger partial charge in [-0.25, -0.2) is 12.8 Å². The minimum atomic E-state index is -3.56. The molecule has 3 aromatic rings. The first-order valence-electron chi connectivity index (χ1n) is 6.68. The molecule has 2 nitrogen and oxygen atoms in total. The second kappa shape index (κ2) is 6.19. The Bertz CT molecular complexity index is 961. The van der Waals surface area contributed by atoms with Crippen molar-refractivity contribution < 1.29 is 12.8 Å². The minimum absolute atomic E-state index is 0.276. The van der Waals surface area contributed by atoms with Crippen molar-refractivity contribution in [1.82, 2.24) is 0 Å². The standard InChI is InChI=1S/C17H12BrFO2S2/c1-23(20,21)17-7-4-12(8-16(17)19)15-10-22-9-14(15)11-2-5-13(18)6-3-11/h2-10H,1H3. The van der Waals surface area contributed by atoms with Gasteiger partial charge in [-0.15, -0.1) is 0 Å². The lowest BCUT2D eigenvalue weighted by Gasteiger charge is -2.07. The molecule has 0 aliphatic heterocycles. The van der Waals surface area contributed by atoms with Crippen molar-refractivity contribution in [3.63, 3.8) is 0 Å². The lowest BCUT2D eigenvalue weighted by molar-refractivity contribution is 0.571. The van der Waals surface area contributed by atoms with Crippen molar-refractivity contribution in [3.05, 3.63) is 63.5 Å². The first kappa shape index (κ1) is 16.4. The molecule has 1 heterocycles. The van der Waals surface area contributed by atoms with Gasteiger partial charge in [-0.3, -0.25) is 0 Å². The molecule has 1 aromatic heterocycles. The molecule has 0 aliphatic rings. The van der Waals surface area contributed by atoms with E-state index in [1.54, 1.807) is 6.07 Å². The van der Waals surface area contributed by atoms with Gasteiger partial charge in [0, 0.05) is 21.9 Å². The topological polar surface area (TPSA) is 34.1 Å². The van der Waals surface area contributed by atoms with Crippen LogP contribution in [0.15, 0.2) is 62.6 Å². The van der Waals surface area contributed by atoms with Crippen LogP contribution in [0, 0.1) is 5.82 Å². The van der Waals surface area contributed by atoms with E-state index in [0.717, 1.165) is 27.4 Å². The maximum Gasteiger partial charge on any atom is 0.178 e. The van der Waals surface area contributed by atoms with Crippen LogP contribution in [-0.4, -0.2) is 14.7 Å². The third-order valence-corrected chi connectivity index (χ3v) is 5.86. The van der Waals surface area contributed by atoms with Crippen LogP contribution in [0.4, 0.5) is 4.39 Å². The van der Waals surface area contributed by atoms with Crippen LogP contribution in [0.3, 0.4) is 0 Å². The number of hydrogen-bond acceptors (Lipinski definition) is 3. The number of rotatable bonds is 3. The minimum Gasteiger partial charge on any atom is -0.224 e. The summed E-state index contributed by atoms with van der Waals surface area (Å²) in [5.74, 6) is -0.724. The monoisotopic (exact) mass is 410 g/mol. The molecule has 0 radical (unpaired) electrons. The molecule has 2 aromatic carbocycles. The Kier molecular flexibility index (Phi) is 4.40. The maximum absolute atomic E-state index is 14.1. The van der Waals surface area contributed by atoms with Crippen molar-refractivity contribution in [2.75, 3.05) is 6.26 Å². The molecule has 0 amide bonds. The fraction of sp³-hybridized carbons (Fsp3) is 0.0588. The zero-order valence-corrected chi connectivity index (χ0v) is 15.3. The first-order chi connectivity index (χ1) is 10.9. The molecule has 0 N–H and O–H groups in total. The van der Waals surface area contributed by atoms with Gasteiger partial charge in [0.1, 0.15) is 10.7 Å². The van der Waals surface area contributed by atoms with Gasteiger partial charge in [-0.05, 0) is 46.2 Å². The van der Waals surface area contributed by atoms with E-state index in [4.69, 9.17) is 0 Å². The molecule has 0 unspecified atom stereocenters. The van der Waals surface area contributed by atoms with E-state index < -0.39 is 15.7 Å². The van der Waals surface area contributed by atoms with E-state index in [9.17, 15) is 12.8 Å². The largest absolute Gasteiger partial charge is 0.224 e. The summed E-state index contributed by atoms with van der Waals surface area (Å²) < 4.78 is 38.2. The molecule has 23 heavy (non-hydrogen) atoms. The van der Waals surface area contributed by atoms with Gasteiger partial charge >= 0.3 is 0 Å². The summed E-state index contributed by atoms with van der Waals surface area (Å²) in [6.45, 7) is 0. The highest BCUT2D eigenvalue weighted by atomic mass is 79.9. The number of sulfone groups is 1. The zero-order valence-electron chi connectivity index (χ0n) is 12.1. The van der Waals surface area contributed by atoms with E-state index in [0.29, 0.717) is 5.56 Å². The Labute approximate surface area is 146 Å². The fourth-order valence-electron chi connectivity index (χ4n) is 2.34. The summed E-state index contributed by atoms with van der Waals surface area (Å²) in [5, 5.41) is 3.94. The van der Waals surface area contributed by atoms with Crippen LogP contribution in [0.25, 0.3) is 22.3 Å². The lowest BCUT2D eigenvalue weighted by atomic mass is 9.99. The summed E-state index contributed by atoms with van der Waals surface area (Å²) in [4.78, 5) is -0.276. The molecule has 6 heteroatoms. The summed E-state index contributed by atoms with van der Waals surface area (Å²) in [6, 6.07) is 12.1. The van der Waals surface area contributed by atoms with E-state index in [2.05, 4.69) is 15.9 Å². The van der Waals surface area contributed by atoms with Crippen molar-refractivity contribution in [2.24, 2.45) is 0 Å². The average molecular weight is 411 g/mol. The second-order valence-corrected chi connectivity index (χ2v) is 8.77. The number of thiophene rings is 1. The second-order valence-electron chi connectivity index (χ2n) is 5.12. The van der Waals surface area contributed by atoms with Crippen LogP contribution >= 0.6 is 27.3 Å². The van der Waals surface area contributed by atoms with E-state index in [-0.39, 0.29) is 4.90 Å². The normalized spacial score (nSPS) is 11.6. The SMILES string of the molecule is CS(=O)(=O)c1ccc(-c2cscc2-c2ccc(Br)cc2)cc1F. The van der Waals surface area contributed by atoms with Gasteiger partial charge in [-0.2, -0.15) is 11.3 Å². The van der Waals surface area contributed by atoms with Crippen LogP contribution in [0.5, 0.6) is 0 Å². The Hall–Kier alpha value is -1.50. The van der Waals surface area contributed by atoms with Gasteiger partial charge in [0.15, 0.2) is 9.84 Å². The van der Waals surface area contributed by atoms with Crippen LogP contribution < -0.4 is 0 Å². The van der Waals surface area contributed by atoms with Crippen LogP contribution in [0.2, 0.25) is 0 Å². The van der Waals surface area contributed by atoms with Crippen LogP contribution in [-0.2, 0) is 9.84 Å². The summed E-state index contributed by atoms with van der Waals surface area (Å²) in [6.07, 6.45) is 1.00. The molecule has 0 atom stereocenters. The fourth-order valence-corrected chi connectivity index (χ4v) is 4.20. The third-order valence-electron chi connectivity index (χ3n) is 3.46. The molecule has 0 fully saturated rings. The number of benzene rings is 2. The molecule has 3 rings (SSSR count). The highest BCUT2D eigenvalue weighted by Gasteiger charge is 2.16. The van der Waals surface area contributed by atoms with Gasteiger partial charge in [0.25, 0.3) is 0 Å². The first-order valence-corrected chi connectivity index (χ1v) is 10.3. The van der Waals surface area contributed by atoms with Gasteiger partial charge in [-0.1, -0.05) is 34.1 Å². The number of halogens is 2. The van der Waals surface area contributed by atoms with Crippen molar-refractivity contribution in [2.45, 2.75) is 4.90 Å². The molecular formula is C17H12BrFO2S2. The molecule has 0 saturated heterocycles. The van der Waals surface area contributed by atoms with Crippen molar-refractivity contribution >= 4 is 37.1 Å². The quantitative estimate of drug-likeness (QED) is 0.579. The summed E-state index contributed by atoms with van der Waals surface area (Å²) in [7, 11) is -3.56. The predicted molar refractivity (Wildman–Crippen MR) is 96.0 cm³/mol. The third kappa shape index (κ3) is 3.39. The molecule has 0 spiro atoms. The zero-order chi connectivity index (χ0) is 16.6. The van der Waals surface area contributed by atoms with E-state index >= 15 is 0 Å². The Morgan fingerprint density at radius 3 is 2.09 bits per heavy atom. The Morgan fingerprint density at radius 2 is 1.52 bits per heavy atom. The summed E-state index contributed by atoms with van der Waals surface area (Å²) >= 11 is 4.93. The van der Waals surface area contributed by atoms with Crippen LogP contribution in [0.1, 0.15) is 0 Å². The molecule has 118 valence electrons. The molecule has 0 bridgehead atoms.